The molecule has 0 atom stereocenters. The van der Waals surface area contributed by atoms with Crippen molar-refractivity contribution < 1.29 is 47.6 Å². The van der Waals surface area contributed by atoms with E-state index < -0.39 is 23.9 Å². The smallest absolute Gasteiger partial charge is 0.343 e. The maximum absolute atomic E-state index is 13.1. The van der Waals surface area contributed by atoms with Crippen LogP contribution in [0.25, 0.3) is 0 Å². The van der Waals surface area contributed by atoms with Crippen molar-refractivity contribution in [3.63, 3.8) is 0 Å². The molecule has 0 aliphatic carbocycles. The number of esters is 4. The fraction of sp³-hybridized carbons (Fsp3) is 0.288. The molecule has 0 aromatic heterocycles. The topological polar surface area (TPSA) is 147 Å². The van der Waals surface area contributed by atoms with Gasteiger partial charge in [0.25, 0.3) is 0 Å². The van der Waals surface area contributed by atoms with Gasteiger partial charge >= 0.3 is 23.9 Å². The zero-order valence-electron chi connectivity index (χ0n) is 35.7. The quantitative estimate of drug-likeness (QED) is 0.0239. The van der Waals surface area contributed by atoms with Crippen LogP contribution in [0.5, 0.6) is 34.5 Å². The average Bonchev–Trinajstić information content (AvgIpc) is 3.30. The summed E-state index contributed by atoms with van der Waals surface area (Å²) in [5, 5.41) is 9.66. The molecule has 0 radical (unpaired) electrons. The lowest BCUT2D eigenvalue weighted by molar-refractivity contribution is 0.0716. The molecule has 326 valence electrons. The Morgan fingerprint density at radius 1 is 0.476 bits per heavy atom. The summed E-state index contributed by atoms with van der Waals surface area (Å²) in [7, 11) is 0. The minimum atomic E-state index is -0.799. The number of nitriles is 1. The summed E-state index contributed by atoms with van der Waals surface area (Å²) in [6, 6.07) is 30.9. The number of carbonyl (C=O) groups excluding carboxylic acids is 4. The third-order valence-electron chi connectivity index (χ3n) is 9.86. The summed E-state index contributed by atoms with van der Waals surface area (Å²) in [5.74, 6) is -0.946. The van der Waals surface area contributed by atoms with Gasteiger partial charge < -0.3 is 28.4 Å². The van der Waals surface area contributed by atoms with Crippen molar-refractivity contribution in [2.45, 2.75) is 84.0 Å². The summed E-state index contributed by atoms with van der Waals surface area (Å²) in [5.41, 5.74) is 0.831. The van der Waals surface area contributed by atoms with Crippen LogP contribution in [0.3, 0.4) is 0 Å². The molecule has 0 saturated heterocycles. The Morgan fingerprint density at radius 2 is 0.841 bits per heavy atom. The van der Waals surface area contributed by atoms with Gasteiger partial charge in [-0.2, -0.15) is 5.26 Å². The van der Waals surface area contributed by atoms with Crippen LogP contribution < -0.4 is 28.4 Å². The zero-order valence-corrected chi connectivity index (χ0v) is 35.7. The summed E-state index contributed by atoms with van der Waals surface area (Å²) in [6.07, 6.45) is 15.7. The van der Waals surface area contributed by atoms with Crippen molar-refractivity contribution in [1.29, 1.82) is 5.26 Å². The van der Waals surface area contributed by atoms with Crippen LogP contribution in [-0.2, 0) is 0 Å². The van der Waals surface area contributed by atoms with Crippen molar-refractivity contribution in [3.05, 3.63) is 156 Å². The average molecular weight is 852 g/mol. The number of benzene rings is 5. The van der Waals surface area contributed by atoms with Crippen LogP contribution in [0, 0.1) is 11.3 Å². The SMILES string of the molecule is C=CCCCCCCCCCOc1ccc(OC(=O)c2ccc(C(=O)Oc3ccc(C#N)c(OC(=O)c4ccc(OC(=O)c5ccc(OCCCCCC)cc5)cc4)c3)cc2)cc1. The van der Waals surface area contributed by atoms with E-state index in [2.05, 4.69) is 13.5 Å². The first-order valence-electron chi connectivity index (χ1n) is 21.5. The summed E-state index contributed by atoms with van der Waals surface area (Å²) in [6.45, 7) is 7.14. The molecule has 11 heteroatoms. The third kappa shape index (κ3) is 15.7. The van der Waals surface area contributed by atoms with Crippen LogP contribution in [0.4, 0.5) is 0 Å². The minimum absolute atomic E-state index is 0.0112. The first-order valence-corrected chi connectivity index (χ1v) is 21.5. The van der Waals surface area contributed by atoms with Crippen LogP contribution >= 0.6 is 0 Å². The van der Waals surface area contributed by atoms with Gasteiger partial charge in [-0.25, -0.2) is 19.2 Å². The van der Waals surface area contributed by atoms with E-state index in [-0.39, 0.29) is 39.5 Å². The van der Waals surface area contributed by atoms with E-state index in [0.29, 0.717) is 36.0 Å². The monoisotopic (exact) mass is 851 g/mol. The Hall–Kier alpha value is -7.19. The standard InChI is InChI=1S/C52H53NO10/c1-3-5-7-9-10-11-12-13-15-35-59-44-30-32-46(33-31-44)61-49(54)38-16-18-39(19-17-38)51(56)62-47-29-24-42(37-53)48(36-47)63-52(57)41-22-27-45(28-23-41)60-50(55)40-20-25-43(26-21-40)58-34-14-8-6-4-2/h3,16-33,36H,1,4-15,34-35H2,2H3. The number of rotatable bonds is 25. The van der Waals surface area contributed by atoms with Crippen molar-refractivity contribution in [1.82, 2.24) is 0 Å². The van der Waals surface area contributed by atoms with Gasteiger partial charge in [-0.15, -0.1) is 6.58 Å². The number of ether oxygens (including phenoxy) is 6. The molecule has 63 heavy (non-hydrogen) atoms. The first-order chi connectivity index (χ1) is 30.8. The first kappa shape index (κ1) is 46.9. The Morgan fingerprint density at radius 3 is 1.32 bits per heavy atom. The molecule has 0 unspecified atom stereocenters. The van der Waals surface area contributed by atoms with E-state index in [9.17, 15) is 24.4 Å². The van der Waals surface area contributed by atoms with Crippen molar-refractivity contribution in [3.8, 4) is 40.6 Å². The van der Waals surface area contributed by atoms with Gasteiger partial charge in [-0.3, -0.25) is 0 Å². The molecule has 5 aromatic rings. The molecular formula is C52H53NO10. The number of hydrogen-bond donors (Lipinski definition) is 0. The normalized spacial score (nSPS) is 10.5. The lowest BCUT2D eigenvalue weighted by atomic mass is 10.1. The van der Waals surface area contributed by atoms with Crippen molar-refractivity contribution >= 4 is 23.9 Å². The molecule has 11 nitrogen and oxygen atoms in total. The van der Waals surface area contributed by atoms with E-state index in [1.165, 1.54) is 105 Å². The highest BCUT2D eigenvalue weighted by Gasteiger charge is 2.18. The zero-order chi connectivity index (χ0) is 44.7. The third-order valence-corrected chi connectivity index (χ3v) is 9.86. The molecule has 0 bridgehead atoms. The van der Waals surface area contributed by atoms with E-state index in [4.69, 9.17) is 28.4 Å². The van der Waals surface area contributed by atoms with Gasteiger partial charge in [-0.1, -0.05) is 64.4 Å². The van der Waals surface area contributed by atoms with E-state index in [1.54, 1.807) is 48.5 Å². The number of hydrogen-bond acceptors (Lipinski definition) is 11. The maximum Gasteiger partial charge on any atom is 0.343 e. The van der Waals surface area contributed by atoms with Crippen LogP contribution in [-0.4, -0.2) is 37.1 Å². The van der Waals surface area contributed by atoms with Crippen LogP contribution in [0.1, 0.15) is 131 Å². The highest BCUT2D eigenvalue weighted by atomic mass is 16.6. The predicted octanol–water partition coefficient (Wildman–Crippen LogP) is 12.1. The fourth-order valence-electron chi connectivity index (χ4n) is 6.28. The molecule has 0 aliphatic heterocycles. The Kier molecular flexibility index (Phi) is 19.0. The van der Waals surface area contributed by atoms with Crippen molar-refractivity contribution in [2.75, 3.05) is 13.2 Å². The van der Waals surface area contributed by atoms with Gasteiger partial charge in [0.05, 0.1) is 41.0 Å². The number of unbranched alkanes of at least 4 members (excludes halogenated alkanes) is 10. The maximum atomic E-state index is 13.1. The van der Waals surface area contributed by atoms with Gasteiger partial charge in [0, 0.05) is 6.07 Å². The lowest BCUT2D eigenvalue weighted by Crippen LogP contribution is -2.12. The summed E-state index contributed by atoms with van der Waals surface area (Å²) >= 11 is 0. The van der Waals surface area contributed by atoms with Gasteiger partial charge in [0.1, 0.15) is 34.8 Å². The number of nitrogens with zero attached hydrogens (tertiary/aromatic N) is 1. The molecule has 0 N–H and O–H groups in total. The van der Waals surface area contributed by atoms with Gasteiger partial charge in [0.15, 0.2) is 5.75 Å². The fourth-order valence-corrected chi connectivity index (χ4v) is 6.28. The van der Waals surface area contributed by atoms with Gasteiger partial charge in [0.2, 0.25) is 0 Å². The highest BCUT2D eigenvalue weighted by Crippen LogP contribution is 2.27. The van der Waals surface area contributed by atoms with Crippen LogP contribution in [0.2, 0.25) is 0 Å². The van der Waals surface area contributed by atoms with E-state index in [1.807, 2.05) is 12.1 Å². The molecular weight excluding hydrogens is 799 g/mol. The molecule has 5 rings (SSSR count). The Labute approximate surface area is 369 Å². The second-order valence-corrected chi connectivity index (χ2v) is 14.7. The Balaban J connectivity index is 1.06. The molecule has 0 heterocycles. The second kappa shape index (κ2) is 25.6. The van der Waals surface area contributed by atoms with Crippen LogP contribution in [0.15, 0.2) is 128 Å². The molecule has 5 aromatic carbocycles. The van der Waals surface area contributed by atoms with Crippen molar-refractivity contribution in [2.24, 2.45) is 0 Å². The summed E-state index contributed by atoms with van der Waals surface area (Å²) < 4.78 is 33.6. The van der Waals surface area contributed by atoms with E-state index >= 15 is 0 Å². The number of allylic oxidation sites excluding steroid dienone is 1. The minimum Gasteiger partial charge on any atom is -0.494 e. The molecule has 0 fully saturated rings. The predicted molar refractivity (Wildman–Crippen MR) is 239 cm³/mol. The second-order valence-electron chi connectivity index (χ2n) is 14.7. The molecule has 0 spiro atoms. The van der Waals surface area contributed by atoms with Gasteiger partial charge in [-0.05, 0) is 135 Å². The van der Waals surface area contributed by atoms with E-state index in [0.717, 1.165) is 38.5 Å². The number of carbonyl (C=O) groups is 4. The molecule has 0 amide bonds. The Bertz CT molecular complexity index is 2290. The highest BCUT2D eigenvalue weighted by molar-refractivity contribution is 5.95. The summed E-state index contributed by atoms with van der Waals surface area (Å²) in [4.78, 5) is 51.6. The molecule has 0 aliphatic rings. The largest absolute Gasteiger partial charge is 0.494 e. The lowest BCUT2D eigenvalue weighted by Gasteiger charge is -2.10. The molecule has 0 saturated carbocycles.